The van der Waals surface area contributed by atoms with Crippen LogP contribution in [-0.2, 0) is 35.1 Å². The molecule has 0 bridgehead atoms. The van der Waals surface area contributed by atoms with Gasteiger partial charge >= 0.3 is 5.97 Å². The topological polar surface area (TPSA) is 148 Å². The second-order valence-corrected chi connectivity index (χ2v) is 11.7. The van der Waals surface area contributed by atoms with Gasteiger partial charge in [0.05, 0.1) is 12.6 Å². The second kappa shape index (κ2) is 15.1. The Hall–Kier alpha value is -4.09. The molecule has 12 heteroatoms. The minimum atomic E-state index is -1.04. The molecule has 1 aromatic carbocycles. The van der Waals surface area contributed by atoms with Crippen LogP contribution in [0, 0.1) is 5.92 Å². The van der Waals surface area contributed by atoms with Crippen molar-refractivity contribution in [1.29, 1.82) is 0 Å². The molecule has 3 heterocycles. The van der Waals surface area contributed by atoms with E-state index < -0.39 is 36.0 Å². The van der Waals surface area contributed by atoms with E-state index in [1.807, 2.05) is 38.1 Å². The molecule has 12 nitrogen and oxygen atoms in total. The average molecular weight is 612 g/mol. The van der Waals surface area contributed by atoms with Crippen LogP contribution in [0.1, 0.15) is 70.8 Å². The van der Waals surface area contributed by atoms with Gasteiger partial charge < -0.3 is 30.4 Å². The quantitative estimate of drug-likeness (QED) is 0.274. The summed E-state index contributed by atoms with van der Waals surface area (Å²) in [6.07, 6.45) is 5.92. The van der Waals surface area contributed by atoms with E-state index in [0.29, 0.717) is 32.2 Å². The summed E-state index contributed by atoms with van der Waals surface area (Å²) in [4.78, 5) is 74.2. The van der Waals surface area contributed by atoms with Crippen molar-refractivity contribution in [2.75, 3.05) is 20.8 Å². The second-order valence-electron chi connectivity index (χ2n) is 11.7. The summed E-state index contributed by atoms with van der Waals surface area (Å²) in [6.45, 7) is 4.25. The summed E-state index contributed by atoms with van der Waals surface area (Å²) in [5, 5.41) is 9.60. The number of fused-ring (bicyclic) bond motifs is 2. The van der Waals surface area contributed by atoms with E-state index in [0.717, 1.165) is 29.3 Å². The minimum Gasteiger partial charge on any atom is -0.469 e. The number of methoxy groups -OCH3 is 1. The van der Waals surface area contributed by atoms with Crippen molar-refractivity contribution in [2.24, 2.45) is 5.92 Å². The molecule has 2 aromatic rings. The van der Waals surface area contributed by atoms with Gasteiger partial charge in [-0.2, -0.15) is 4.73 Å². The predicted molar refractivity (Wildman–Crippen MR) is 163 cm³/mol. The maximum atomic E-state index is 14.0. The fourth-order valence-electron chi connectivity index (χ4n) is 6.07. The van der Waals surface area contributed by atoms with Crippen LogP contribution in [0.15, 0.2) is 30.5 Å². The van der Waals surface area contributed by atoms with Crippen LogP contribution in [0.25, 0.3) is 10.9 Å². The number of benzene rings is 1. The van der Waals surface area contributed by atoms with Crippen molar-refractivity contribution in [3.05, 3.63) is 36.0 Å². The van der Waals surface area contributed by atoms with E-state index >= 15 is 0 Å². The Morgan fingerprint density at radius 3 is 2.43 bits per heavy atom. The zero-order valence-electron chi connectivity index (χ0n) is 26.1. The molecule has 2 fully saturated rings. The zero-order valence-corrected chi connectivity index (χ0v) is 26.1. The molecular weight excluding hydrogens is 566 g/mol. The number of amides is 4. The molecule has 0 spiro atoms. The third-order valence-electron chi connectivity index (χ3n) is 8.86. The van der Waals surface area contributed by atoms with Crippen LogP contribution in [0.2, 0.25) is 0 Å². The van der Waals surface area contributed by atoms with Crippen LogP contribution < -0.4 is 20.8 Å². The summed E-state index contributed by atoms with van der Waals surface area (Å²) < 4.78 is 6.32. The molecule has 4 amide bonds. The van der Waals surface area contributed by atoms with Crippen molar-refractivity contribution in [3.63, 3.8) is 0 Å². The monoisotopic (exact) mass is 611 g/mol. The Labute approximate surface area is 258 Å². The molecule has 2 aliphatic rings. The smallest absolute Gasteiger partial charge is 0.305 e. The number of nitrogens with one attached hydrogen (secondary N) is 3. The van der Waals surface area contributed by atoms with Gasteiger partial charge in [-0.25, -0.2) is 0 Å². The Bertz CT molecular complexity index is 1360. The number of hydrogen-bond acceptors (Lipinski definition) is 7. The highest BCUT2D eigenvalue weighted by Gasteiger charge is 2.40. The van der Waals surface area contributed by atoms with Gasteiger partial charge in [-0.1, -0.05) is 44.9 Å². The van der Waals surface area contributed by atoms with Gasteiger partial charge in [0.25, 0.3) is 0 Å². The van der Waals surface area contributed by atoms with Crippen LogP contribution >= 0.6 is 0 Å². The van der Waals surface area contributed by atoms with Crippen molar-refractivity contribution in [1.82, 2.24) is 25.6 Å². The lowest BCUT2D eigenvalue weighted by Crippen LogP contribution is -2.64. The van der Waals surface area contributed by atoms with Crippen LogP contribution in [0.3, 0.4) is 0 Å². The van der Waals surface area contributed by atoms with E-state index in [1.54, 1.807) is 22.9 Å². The molecule has 2 saturated heterocycles. The number of unbranched alkanes of at least 4 members (excludes halogenated alkanes) is 1. The summed E-state index contributed by atoms with van der Waals surface area (Å²) >= 11 is 0. The third kappa shape index (κ3) is 7.51. The summed E-state index contributed by atoms with van der Waals surface area (Å²) in [5.41, 5.74) is 1.58. The predicted octanol–water partition coefficient (Wildman–Crippen LogP) is 1.87. The molecule has 0 saturated carbocycles. The van der Waals surface area contributed by atoms with Gasteiger partial charge in [-0.3, -0.25) is 24.0 Å². The standard InChI is InChI=1S/C32H45N5O7/c1-5-20(2)28-32(42)36-17-11-10-15-26(36)31(41)33-23(13-7-9-16-27(38)43-3)29(39)34-24(30(40)35-28)18-21-19-37(44-4)25-14-8-6-12-22(21)25/h6,8,12,14,19-20,23-24,26,28H,5,7,9-11,13,15-18H2,1-4H3,(H,33,41)(H,34,39)(H,35,40)/t20?,23-,24?,26+,28-/m0/s1. The number of nitrogens with zero attached hydrogens (tertiary/aromatic N) is 2. The van der Waals surface area contributed by atoms with Crippen molar-refractivity contribution >= 4 is 40.5 Å². The maximum absolute atomic E-state index is 14.0. The minimum absolute atomic E-state index is 0.130. The van der Waals surface area contributed by atoms with E-state index in [4.69, 9.17) is 9.57 Å². The molecule has 240 valence electrons. The molecule has 4 rings (SSSR count). The molecule has 5 atom stereocenters. The van der Waals surface area contributed by atoms with E-state index in [2.05, 4.69) is 16.0 Å². The molecule has 2 aliphatic heterocycles. The highest BCUT2D eigenvalue weighted by Crippen LogP contribution is 2.24. The number of piperidine rings is 1. The first kappa shape index (κ1) is 32.8. The van der Waals surface area contributed by atoms with Crippen molar-refractivity contribution < 1.29 is 33.5 Å². The highest BCUT2D eigenvalue weighted by molar-refractivity contribution is 5.98. The highest BCUT2D eigenvalue weighted by atomic mass is 16.6. The van der Waals surface area contributed by atoms with Gasteiger partial charge in [-0.15, -0.1) is 0 Å². The lowest BCUT2D eigenvalue weighted by atomic mass is 9.93. The number of esters is 1. The third-order valence-corrected chi connectivity index (χ3v) is 8.86. The van der Waals surface area contributed by atoms with Gasteiger partial charge in [0.15, 0.2) is 0 Å². The van der Waals surface area contributed by atoms with E-state index in [-0.39, 0.29) is 43.0 Å². The number of carbonyl (C=O) groups excluding carboxylic acids is 5. The Balaban J connectivity index is 1.69. The molecule has 0 aliphatic carbocycles. The van der Waals surface area contributed by atoms with Crippen molar-refractivity contribution in [3.8, 4) is 0 Å². The maximum Gasteiger partial charge on any atom is 0.305 e. The van der Waals surface area contributed by atoms with Gasteiger partial charge in [0.2, 0.25) is 23.6 Å². The SMILES string of the molecule is CCC(C)[C@@H]1NC(=O)C(Cc2cn(OC)c3ccccc23)NC(=O)[C@H](CCCCC(=O)OC)NC(=O)[C@H]2CCCCN2C1=O. The first-order chi connectivity index (χ1) is 21.2. The molecule has 2 unspecified atom stereocenters. The number of rotatable bonds is 10. The fourth-order valence-corrected chi connectivity index (χ4v) is 6.07. The molecule has 0 radical (unpaired) electrons. The van der Waals surface area contributed by atoms with E-state index in [9.17, 15) is 24.0 Å². The Morgan fingerprint density at radius 2 is 1.70 bits per heavy atom. The molecular formula is C32H45N5O7. The lowest BCUT2D eigenvalue weighted by Gasteiger charge is -2.39. The summed E-state index contributed by atoms with van der Waals surface area (Å²) in [7, 11) is 2.87. The molecule has 44 heavy (non-hydrogen) atoms. The van der Waals surface area contributed by atoms with E-state index in [1.165, 1.54) is 7.11 Å². The van der Waals surface area contributed by atoms with Gasteiger partial charge in [-0.05, 0) is 49.7 Å². The first-order valence-corrected chi connectivity index (χ1v) is 15.6. The Kier molecular flexibility index (Phi) is 11.2. The van der Waals surface area contributed by atoms with Crippen molar-refractivity contribution in [2.45, 2.75) is 95.8 Å². The average Bonchev–Trinajstić information content (AvgIpc) is 3.40. The first-order valence-electron chi connectivity index (χ1n) is 15.6. The molecule has 1 aromatic heterocycles. The summed E-state index contributed by atoms with van der Waals surface area (Å²) in [6, 6.07) is 4.00. The van der Waals surface area contributed by atoms with Gasteiger partial charge in [0.1, 0.15) is 31.3 Å². The van der Waals surface area contributed by atoms with Crippen LogP contribution in [0.5, 0.6) is 0 Å². The summed E-state index contributed by atoms with van der Waals surface area (Å²) in [5.74, 6) is -2.20. The molecule has 3 N–H and O–H groups in total. The number of aromatic nitrogens is 1. The number of carbonyl (C=O) groups is 5. The van der Waals surface area contributed by atoms with Gasteiger partial charge in [0, 0.05) is 31.0 Å². The number of ether oxygens (including phenoxy) is 1. The normalized spacial score (nSPS) is 23.9. The van der Waals surface area contributed by atoms with Crippen LogP contribution in [-0.4, -0.2) is 84.2 Å². The fraction of sp³-hybridized carbons (Fsp3) is 0.594. The largest absolute Gasteiger partial charge is 0.469 e. The van der Waals surface area contributed by atoms with Crippen LogP contribution in [0.4, 0.5) is 0 Å². The number of hydrogen-bond donors (Lipinski definition) is 3. The zero-order chi connectivity index (χ0) is 31.8. The lowest BCUT2D eigenvalue weighted by molar-refractivity contribution is -0.147. The Morgan fingerprint density at radius 1 is 0.977 bits per heavy atom. The number of para-hydroxylation sites is 1.